The number of hydrogen-bond acceptors (Lipinski definition) is 2. The summed E-state index contributed by atoms with van der Waals surface area (Å²) in [4.78, 5) is 27.4. The van der Waals surface area contributed by atoms with Gasteiger partial charge in [0, 0.05) is 16.3 Å². The molecule has 2 atom stereocenters. The van der Waals surface area contributed by atoms with E-state index in [0.29, 0.717) is 21.8 Å². The minimum Gasteiger partial charge on any atom is -0.481 e. The molecule has 3 aromatic carbocycles. The molecule has 4 nitrogen and oxygen atoms in total. The number of nitrogens with zero attached hydrogens (tertiary/aromatic N) is 1. The van der Waals surface area contributed by atoms with Crippen molar-refractivity contribution in [3.05, 3.63) is 100 Å². The van der Waals surface area contributed by atoms with Crippen molar-refractivity contribution in [1.29, 1.82) is 0 Å². The van der Waals surface area contributed by atoms with E-state index in [1.54, 1.807) is 53.4 Å². The largest absolute Gasteiger partial charge is 0.481 e. The van der Waals surface area contributed by atoms with Crippen molar-refractivity contribution in [3.63, 3.8) is 0 Å². The first-order valence-electron chi connectivity index (χ1n) is 8.95. The van der Waals surface area contributed by atoms with E-state index in [2.05, 4.69) is 0 Å². The Bertz CT molecular complexity index is 1060. The molecule has 0 saturated carbocycles. The third kappa shape index (κ3) is 2.96. The fraction of sp³-hybridized carbons (Fsp3) is 0.130. The van der Waals surface area contributed by atoms with Crippen LogP contribution in [0, 0.1) is 6.92 Å². The molecule has 1 amide bonds. The van der Waals surface area contributed by atoms with Gasteiger partial charge in [-0.25, -0.2) is 0 Å². The number of aryl methyl sites for hydroxylation is 1. The summed E-state index contributed by atoms with van der Waals surface area (Å²) < 4.78 is 0. The van der Waals surface area contributed by atoms with Gasteiger partial charge in [-0.3, -0.25) is 14.5 Å². The SMILES string of the molecule is Cc1ccccc1[C@@H]1[C@H](C(=O)O)c2ccccc2C(=O)N1c1ccc(Cl)cc1. The molecule has 1 aliphatic heterocycles. The molecule has 5 heteroatoms. The highest BCUT2D eigenvalue weighted by molar-refractivity contribution is 6.30. The van der Waals surface area contributed by atoms with Gasteiger partial charge in [-0.2, -0.15) is 0 Å². The fourth-order valence-electron chi connectivity index (χ4n) is 3.92. The molecular formula is C23H18ClNO3. The van der Waals surface area contributed by atoms with Crippen LogP contribution in [0.2, 0.25) is 5.02 Å². The number of carboxylic acids is 1. The van der Waals surface area contributed by atoms with Crippen molar-refractivity contribution < 1.29 is 14.7 Å². The fourth-order valence-corrected chi connectivity index (χ4v) is 4.05. The van der Waals surface area contributed by atoms with Gasteiger partial charge in [-0.15, -0.1) is 0 Å². The van der Waals surface area contributed by atoms with Gasteiger partial charge in [0.1, 0.15) is 5.92 Å². The predicted molar refractivity (Wildman–Crippen MR) is 109 cm³/mol. The molecule has 0 unspecified atom stereocenters. The molecule has 0 saturated heterocycles. The summed E-state index contributed by atoms with van der Waals surface area (Å²) in [7, 11) is 0. The van der Waals surface area contributed by atoms with Crippen molar-refractivity contribution >= 4 is 29.2 Å². The first kappa shape index (κ1) is 18.3. The second kappa shape index (κ2) is 7.13. The third-order valence-electron chi connectivity index (χ3n) is 5.22. The van der Waals surface area contributed by atoms with Gasteiger partial charge in [-0.1, -0.05) is 54.1 Å². The number of benzene rings is 3. The first-order chi connectivity index (χ1) is 13.5. The Morgan fingerprint density at radius 2 is 1.54 bits per heavy atom. The lowest BCUT2D eigenvalue weighted by Gasteiger charge is -2.41. The average Bonchev–Trinajstić information content (AvgIpc) is 2.69. The summed E-state index contributed by atoms with van der Waals surface area (Å²) in [5.74, 6) is -2.07. The first-order valence-corrected chi connectivity index (χ1v) is 9.33. The summed E-state index contributed by atoms with van der Waals surface area (Å²) in [6, 6.07) is 20.8. The quantitative estimate of drug-likeness (QED) is 0.666. The minimum atomic E-state index is -0.966. The van der Waals surface area contributed by atoms with Gasteiger partial charge in [-0.05, 0) is 53.9 Å². The second-order valence-electron chi connectivity index (χ2n) is 6.86. The number of aliphatic carboxylic acids is 1. The van der Waals surface area contributed by atoms with Crippen LogP contribution < -0.4 is 4.90 Å². The van der Waals surface area contributed by atoms with Crippen molar-refractivity contribution in [2.45, 2.75) is 18.9 Å². The second-order valence-corrected chi connectivity index (χ2v) is 7.29. The maximum Gasteiger partial charge on any atom is 0.313 e. The minimum absolute atomic E-state index is 0.219. The molecule has 0 bridgehead atoms. The number of anilines is 1. The highest BCUT2D eigenvalue weighted by Crippen LogP contribution is 2.45. The number of halogens is 1. The van der Waals surface area contributed by atoms with Crippen LogP contribution >= 0.6 is 11.6 Å². The molecule has 0 aromatic heterocycles. The lowest BCUT2D eigenvalue weighted by atomic mass is 9.78. The molecule has 28 heavy (non-hydrogen) atoms. The van der Waals surface area contributed by atoms with Crippen LogP contribution in [0.3, 0.4) is 0 Å². The van der Waals surface area contributed by atoms with Crippen LogP contribution in [0.25, 0.3) is 0 Å². The zero-order valence-corrected chi connectivity index (χ0v) is 15.9. The topological polar surface area (TPSA) is 57.6 Å². The Kier molecular flexibility index (Phi) is 4.65. The maximum atomic E-state index is 13.5. The Morgan fingerprint density at radius 3 is 2.18 bits per heavy atom. The van der Waals surface area contributed by atoms with Gasteiger partial charge in [0.05, 0.1) is 6.04 Å². The molecule has 0 fully saturated rings. The number of hydrogen-bond donors (Lipinski definition) is 1. The van der Waals surface area contributed by atoms with Crippen LogP contribution in [-0.4, -0.2) is 17.0 Å². The van der Waals surface area contributed by atoms with Crippen molar-refractivity contribution in [2.75, 3.05) is 4.90 Å². The zero-order valence-electron chi connectivity index (χ0n) is 15.2. The van der Waals surface area contributed by atoms with E-state index in [4.69, 9.17) is 11.6 Å². The summed E-state index contributed by atoms with van der Waals surface area (Å²) in [5, 5.41) is 10.7. The van der Waals surface area contributed by atoms with Crippen LogP contribution in [0.5, 0.6) is 0 Å². The predicted octanol–water partition coefficient (Wildman–Crippen LogP) is 5.22. The van der Waals surface area contributed by atoms with Crippen molar-refractivity contribution in [1.82, 2.24) is 0 Å². The summed E-state index contributed by atoms with van der Waals surface area (Å²) >= 11 is 6.03. The van der Waals surface area contributed by atoms with Crippen LogP contribution in [-0.2, 0) is 4.79 Å². The lowest BCUT2D eigenvalue weighted by Crippen LogP contribution is -2.45. The van der Waals surface area contributed by atoms with E-state index >= 15 is 0 Å². The Hall–Kier alpha value is -3.11. The molecule has 1 N–H and O–H groups in total. The standard InChI is InChI=1S/C23H18ClNO3/c1-14-6-2-3-7-17(14)21-20(23(27)28)18-8-4-5-9-19(18)22(26)25(21)16-12-10-15(24)11-13-16/h2-13,20-21H,1H3,(H,27,28)/t20-,21-/m1/s1. The highest BCUT2D eigenvalue weighted by Gasteiger charge is 2.45. The van der Waals surface area contributed by atoms with E-state index in [1.807, 2.05) is 31.2 Å². The zero-order chi connectivity index (χ0) is 19.8. The number of fused-ring (bicyclic) bond motifs is 1. The van der Waals surface area contributed by atoms with E-state index in [1.165, 1.54) is 0 Å². The monoisotopic (exact) mass is 391 g/mol. The van der Waals surface area contributed by atoms with E-state index in [0.717, 1.165) is 11.1 Å². The smallest absolute Gasteiger partial charge is 0.313 e. The molecule has 3 aromatic rings. The van der Waals surface area contributed by atoms with Gasteiger partial charge in [0.25, 0.3) is 5.91 Å². The average molecular weight is 392 g/mol. The summed E-state index contributed by atoms with van der Waals surface area (Å²) in [6.07, 6.45) is 0. The number of carbonyl (C=O) groups is 2. The van der Waals surface area contributed by atoms with E-state index in [-0.39, 0.29) is 5.91 Å². The summed E-state index contributed by atoms with van der Waals surface area (Å²) in [6.45, 7) is 1.93. The maximum absolute atomic E-state index is 13.5. The third-order valence-corrected chi connectivity index (χ3v) is 5.47. The molecule has 0 spiro atoms. The van der Waals surface area contributed by atoms with Gasteiger partial charge in [0.15, 0.2) is 0 Å². The lowest BCUT2D eigenvalue weighted by molar-refractivity contribution is -0.139. The van der Waals surface area contributed by atoms with Crippen LogP contribution in [0.15, 0.2) is 72.8 Å². The Labute approximate surface area is 168 Å². The highest BCUT2D eigenvalue weighted by atomic mass is 35.5. The van der Waals surface area contributed by atoms with Crippen molar-refractivity contribution in [3.8, 4) is 0 Å². The van der Waals surface area contributed by atoms with Gasteiger partial charge < -0.3 is 5.11 Å². The Balaban J connectivity index is 2.01. The molecule has 140 valence electrons. The number of carbonyl (C=O) groups excluding carboxylic acids is 1. The number of carboxylic acid groups (broad SMARTS) is 1. The molecule has 0 radical (unpaired) electrons. The molecule has 4 rings (SSSR count). The van der Waals surface area contributed by atoms with Gasteiger partial charge >= 0.3 is 5.97 Å². The summed E-state index contributed by atoms with van der Waals surface area (Å²) in [5.41, 5.74) is 3.31. The van der Waals surface area contributed by atoms with E-state index < -0.39 is 17.9 Å². The van der Waals surface area contributed by atoms with Crippen molar-refractivity contribution in [2.24, 2.45) is 0 Å². The van der Waals surface area contributed by atoms with Gasteiger partial charge in [0.2, 0.25) is 0 Å². The number of amides is 1. The Morgan fingerprint density at radius 1 is 0.929 bits per heavy atom. The van der Waals surface area contributed by atoms with E-state index in [9.17, 15) is 14.7 Å². The van der Waals surface area contributed by atoms with Crippen LogP contribution in [0.1, 0.15) is 39.0 Å². The number of rotatable bonds is 3. The molecule has 0 aliphatic carbocycles. The molecule has 1 heterocycles. The van der Waals surface area contributed by atoms with Crippen LogP contribution in [0.4, 0.5) is 5.69 Å². The normalized spacial score (nSPS) is 18.6. The molecular weight excluding hydrogens is 374 g/mol. The molecule has 1 aliphatic rings.